The van der Waals surface area contributed by atoms with E-state index in [1.807, 2.05) is 36.4 Å². The van der Waals surface area contributed by atoms with Gasteiger partial charge in [-0.25, -0.2) is 0 Å². The van der Waals surface area contributed by atoms with Crippen molar-refractivity contribution in [3.63, 3.8) is 0 Å². The third-order valence-electron chi connectivity index (χ3n) is 0.830. The van der Waals surface area contributed by atoms with Crippen LogP contribution in [0.15, 0.2) is 36.4 Å². The molecule has 0 spiro atoms. The Balaban J connectivity index is 0.000000202. The third kappa shape index (κ3) is 8.93. The average molecular weight is 178 g/mol. The Kier molecular flexibility index (Phi) is 5.07. The van der Waals surface area contributed by atoms with Gasteiger partial charge in [0.2, 0.25) is 0 Å². The number of nitrogens with two attached hydrogens (primary N) is 1. The summed E-state index contributed by atoms with van der Waals surface area (Å²) in [5.41, 5.74) is 0.604. The molecule has 1 aromatic carbocycles. The van der Waals surface area contributed by atoms with Crippen LogP contribution < -0.4 is 11.3 Å². The number of hydrazine groups is 1. The Labute approximate surface area is 68.2 Å². The van der Waals surface area contributed by atoms with Crippen LogP contribution >= 0.6 is 0 Å². The highest BCUT2D eigenvalue weighted by atomic mass is 19.4. The fourth-order valence-corrected chi connectivity index (χ4v) is 0.385. The van der Waals surface area contributed by atoms with Crippen LogP contribution in [-0.4, -0.2) is 6.30 Å². The van der Waals surface area contributed by atoms with Gasteiger partial charge in [0.15, 0.2) is 0 Å². The second kappa shape index (κ2) is 5.56. The summed E-state index contributed by atoms with van der Waals surface area (Å²) in [4.78, 5) is 0. The first-order valence-electron chi connectivity index (χ1n) is 3.11. The number of hydrogen-bond donors (Lipinski definition) is 2. The summed E-state index contributed by atoms with van der Waals surface area (Å²) < 4.78 is 31.6. The molecule has 0 unspecified atom stereocenters. The van der Waals surface area contributed by atoms with Gasteiger partial charge in [-0.2, -0.15) is 18.6 Å². The SMILES string of the molecule is NNC(F)(F)F.c1ccccc1. The van der Waals surface area contributed by atoms with Crippen molar-refractivity contribution in [2.24, 2.45) is 5.84 Å². The second-order valence-corrected chi connectivity index (χ2v) is 1.80. The minimum atomic E-state index is -4.43. The summed E-state index contributed by atoms with van der Waals surface area (Å²) >= 11 is 0. The molecule has 0 saturated heterocycles. The maximum Gasteiger partial charge on any atom is 0.470 e. The predicted molar refractivity (Wildman–Crippen MR) is 39.8 cm³/mol. The molecule has 0 aliphatic heterocycles. The zero-order valence-electron chi connectivity index (χ0n) is 6.18. The summed E-state index contributed by atoms with van der Waals surface area (Å²) in [6.07, 6.45) is -4.43. The third-order valence-corrected chi connectivity index (χ3v) is 0.830. The Hall–Kier alpha value is -1.07. The molecule has 0 atom stereocenters. The fraction of sp³-hybridized carbons (Fsp3) is 0.143. The first-order valence-corrected chi connectivity index (χ1v) is 3.11. The molecule has 1 rings (SSSR count). The first kappa shape index (κ1) is 10.9. The molecule has 0 fully saturated rings. The van der Waals surface area contributed by atoms with E-state index >= 15 is 0 Å². The summed E-state index contributed by atoms with van der Waals surface area (Å²) in [7, 11) is 0. The van der Waals surface area contributed by atoms with Crippen LogP contribution in [0.2, 0.25) is 0 Å². The van der Waals surface area contributed by atoms with E-state index in [0.29, 0.717) is 5.43 Å². The highest BCUT2D eigenvalue weighted by Gasteiger charge is 2.23. The number of nitrogens with one attached hydrogen (secondary N) is 1. The van der Waals surface area contributed by atoms with Gasteiger partial charge in [-0.05, 0) is 0 Å². The molecule has 3 N–H and O–H groups in total. The highest BCUT2D eigenvalue weighted by molar-refractivity contribution is 4.99. The Morgan fingerprint density at radius 2 is 1.00 bits per heavy atom. The Morgan fingerprint density at radius 1 is 0.833 bits per heavy atom. The van der Waals surface area contributed by atoms with Crippen LogP contribution in [0.3, 0.4) is 0 Å². The maximum atomic E-state index is 10.5. The minimum absolute atomic E-state index is 0.604. The topological polar surface area (TPSA) is 38.0 Å². The van der Waals surface area contributed by atoms with Gasteiger partial charge in [0, 0.05) is 0 Å². The molecular weight excluding hydrogens is 169 g/mol. The first-order chi connectivity index (χ1) is 5.56. The van der Waals surface area contributed by atoms with E-state index in [1.165, 1.54) is 0 Å². The van der Waals surface area contributed by atoms with Crippen LogP contribution in [0.5, 0.6) is 0 Å². The number of alkyl halides is 3. The van der Waals surface area contributed by atoms with Crippen molar-refractivity contribution in [2.75, 3.05) is 0 Å². The quantitative estimate of drug-likeness (QED) is 0.360. The molecule has 5 heteroatoms. The van der Waals surface area contributed by atoms with E-state index in [0.717, 1.165) is 0 Å². The van der Waals surface area contributed by atoms with E-state index in [-0.39, 0.29) is 0 Å². The van der Waals surface area contributed by atoms with Gasteiger partial charge >= 0.3 is 6.30 Å². The number of rotatable bonds is 0. The van der Waals surface area contributed by atoms with Crippen molar-refractivity contribution in [1.82, 2.24) is 5.43 Å². The smallest absolute Gasteiger partial charge is 0.264 e. The van der Waals surface area contributed by atoms with Crippen LogP contribution in [0.25, 0.3) is 0 Å². The van der Waals surface area contributed by atoms with Gasteiger partial charge in [-0.15, -0.1) is 0 Å². The molecule has 0 heterocycles. The van der Waals surface area contributed by atoms with Gasteiger partial charge in [0.25, 0.3) is 0 Å². The molecule has 0 radical (unpaired) electrons. The van der Waals surface area contributed by atoms with Gasteiger partial charge < -0.3 is 0 Å². The average Bonchev–Trinajstić information content (AvgIpc) is 2.07. The van der Waals surface area contributed by atoms with Crippen LogP contribution in [0, 0.1) is 0 Å². The lowest BCUT2D eigenvalue weighted by molar-refractivity contribution is -0.157. The predicted octanol–water partition coefficient (Wildman–Crippen LogP) is 1.66. The van der Waals surface area contributed by atoms with E-state index in [9.17, 15) is 13.2 Å². The Bertz CT molecular complexity index is 159. The molecule has 2 nitrogen and oxygen atoms in total. The van der Waals surface area contributed by atoms with Gasteiger partial charge in [0.05, 0.1) is 0 Å². The van der Waals surface area contributed by atoms with Crippen molar-refractivity contribution in [2.45, 2.75) is 6.30 Å². The summed E-state index contributed by atoms with van der Waals surface area (Å²) in [5, 5.41) is 0. The molecular formula is C7H9F3N2. The number of hydrogen-bond acceptors (Lipinski definition) is 2. The Morgan fingerprint density at radius 3 is 1.08 bits per heavy atom. The largest absolute Gasteiger partial charge is 0.470 e. The summed E-state index contributed by atoms with van der Waals surface area (Å²) in [6.45, 7) is 0. The normalized spacial score (nSPS) is 10.0. The van der Waals surface area contributed by atoms with Crippen LogP contribution in [0.1, 0.15) is 0 Å². The summed E-state index contributed by atoms with van der Waals surface area (Å²) in [6, 6.07) is 12.0. The van der Waals surface area contributed by atoms with Crippen LogP contribution in [-0.2, 0) is 0 Å². The van der Waals surface area contributed by atoms with E-state index in [4.69, 9.17) is 0 Å². The fourth-order valence-electron chi connectivity index (χ4n) is 0.385. The zero-order chi connectivity index (χ0) is 9.45. The molecule has 0 aliphatic rings. The molecule has 0 saturated carbocycles. The molecule has 0 aliphatic carbocycles. The molecule has 0 bridgehead atoms. The van der Waals surface area contributed by atoms with E-state index in [2.05, 4.69) is 5.84 Å². The zero-order valence-corrected chi connectivity index (χ0v) is 6.18. The monoisotopic (exact) mass is 178 g/mol. The minimum Gasteiger partial charge on any atom is -0.264 e. The molecule has 0 aromatic heterocycles. The lowest BCUT2D eigenvalue weighted by atomic mass is 10.4. The molecule has 68 valence electrons. The van der Waals surface area contributed by atoms with Crippen molar-refractivity contribution in [3.05, 3.63) is 36.4 Å². The van der Waals surface area contributed by atoms with E-state index in [1.54, 1.807) is 0 Å². The van der Waals surface area contributed by atoms with Crippen molar-refractivity contribution in [3.8, 4) is 0 Å². The maximum absolute atomic E-state index is 10.5. The van der Waals surface area contributed by atoms with Crippen LogP contribution in [0.4, 0.5) is 13.2 Å². The second-order valence-electron chi connectivity index (χ2n) is 1.80. The van der Waals surface area contributed by atoms with Crippen molar-refractivity contribution >= 4 is 0 Å². The lowest BCUT2D eigenvalue weighted by Gasteiger charge is -1.98. The molecule has 1 aromatic rings. The van der Waals surface area contributed by atoms with E-state index < -0.39 is 6.30 Å². The highest BCUT2D eigenvalue weighted by Crippen LogP contribution is 2.05. The van der Waals surface area contributed by atoms with Gasteiger partial charge in [0.1, 0.15) is 0 Å². The standard InChI is InChI=1S/C6H6.CH3F3N2/c1-2-4-6-5-3-1;2-1(3,4)6-5/h1-6H;6H,5H2. The van der Waals surface area contributed by atoms with Gasteiger partial charge in [-0.1, -0.05) is 36.4 Å². The van der Waals surface area contributed by atoms with Gasteiger partial charge in [-0.3, -0.25) is 5.84 Å². The molecule has 0 amide bonds. The number of halogens is 3. The number of benzene rings is 1. The van der Waals surface area contributed by atoms with Crippen molar-refractivity contribution < 1.29 is 13.2 Å². The summed E-state index contributed by atoms with van der Waals surface area (Å²) in [5.74, 6) is 3.93. The van der Waals surface area contributed by atoms with Crippen molar-refractivity contribution in [1.29, 1.82) is 0 Å². The lowest BCUT2D eigenvalue weighted by Crippen LogP contribution is -2.37. The molecule has 12 heavy (non-hydrogen) atoms.